The fraction of sp³-hybridized carbons (Fsp3) is 0.500. The van der Waals surface area contributed by atoms with Crippen LogP contribution < -0.4 is 5.73 Å². The molecular weight excluding hydrogens is 302 g/mol. The van der Waals surface area contributed by atoms with Gasteiger partial charge in [0.1, 0.15) is 11.4 Å². The summed E-state index contributed by atoms with van der Waals surface area (Å²) in [6, 6.07) is 2.20. The number of nitrogens with two attached hydrogens (primary N) is 1. The summed E-state index contributed by atoms with van der Waals surface area (Å²) in [5, 5.41) is 4.36. The van der Waals surface area contributed by atoms with Crippen LogP contribution >= 0.6 is 0 Å². The van der Waals surface area contributed by atoms with E-state index in [0.29, 0.717) is 11.8 Å². The summed E-state index contributed by atoms with van der Waals surface area (Å²) in [5.41, 5.74) is 6.28. The second-order valence-electron chi connectivity index (χ2n) is 5.76. The maximum absolute atomic E-state index is 13.9. The molecule has 7 heteroatoms. The van der Waals surface area contributed by atoms with Gasteiger partial charge in [-0.2, -0.15) is 9.49 Å². The molecule has 2 aromatic rings. The summed E-state index contributed by atoms with van der Waals surface area (Å²) in [6.07, 6.45) is 5.73. The zero-order valence-corrected chi connectivity index (χ0v) is 13.0. The molecule has 0 unspecified atom stereocenters. The van der Waals surface area contributed by atoms with Gasteiger partial charge in [0, 0.05) is 12.8 Å². The van der Waals surface area contributed by atoms with Gasteiger partial charge in [0.15, 0.2) is 5.82 Å². The Morgan fingerprint density at radius 3 is 2.65 bits per heavy atom. The summed E-state index contributed by atoms with van der Waals surface area (Å²) in [4.78, 5) is 3.58. The minimum absolute atomic E-state index is 0.149. The predicted molar refractivity (Wildman–Crippen MR) is 82.7 cm³/mol. The third kappa shape index (κ3) is 3.34. The Labute approximate surface area is 133 Å². The summed E-state index contributed by atoms with van der Waals surface area (Å²) in [5.74, 6) is -1.39. The lowest BCUT2D eigenvalue weighted by atomic mass is 9.93. The lowest BCUT2D eigenvalue weighted by Gasteiger charge is -2.28. The van der Waals surface area contributed by atoms with Crippen molar-refractivity contribution in [3.05, 3.63) is 30.1 Å². The predicted octanol–water partition coefficient (Wildman–Crippen LogP) is 3.33. The molecule has 1 saturated carbocycles. The Morgan fingerprint density at radius 1 is 1.22 bits per heavy atom. The standard InChI is InChI=1S/C16H20F2N4O/c1-2-23-11-5-3-10(4-6-11)22-9-13(19)16(21-22)15-12(17)7-8-14(18)20-15/h7-11H,2-6,19H2,1H3. The highest BCUT2D eigenvalue weighted by Crippen LogP contribution is 2.33. The first kappa shape index (κ1) is 15.9. The second kappa shape index (κ2) is 6.62. The van der Waals surface area contributed by atoms with E-state index in [1.54, 1.807) is 10.9 Å². The number of nitrogens with zero attached hydrogens (tertiary/aromatic N) is 3. The lowest BCUT2D eigenvalue weighted by Crippen LogP contribution is -2.24. The Hall–Kier alpha value is -2.02. The third-order valence-electron chi connectivity index (χ3n) is 4.22. The van der Waals surface area contributed by atoms with Crippen LogP contribution in [0.1, 0.15) is 38.6 Å². The molecule has 3 rings (SSSR count). The first-order chi connectivity index (χ1) is 11.1. The molecule has 0 spiro atoms. The minimum Gasteiger partial charge on any atom is -0.396 e. The summed E-state index contributed by atoms with van der Waals surface area (Å²) in [6.45, 7) is 2.71. The molecular formula is C16H20F2N4O. The van der Waals surface area contributed by atoms with Gasteiger partial charge in [-0.15, -0.1) is 0 Å². The van der Waals surface area contributed by atoms with Crippen LogP contribution in [-0.2, 0) is 4.74 Å². The molecule has 0 radical (unpaired) electrons. The Balaban J connectivity index is 1.80. The van der Waals surface area contributed by atoms with Crippen molar-refractivity contribution in [2.45, 2.75) is 44.8 Å². The van der Waals surface area contributed by atoms with Crippen molar-refractivity contribution in [2.24, 2.45) is 0 Å². The fourth-order valence-electron chi connectivity index (χ4n) is 3.07. The first-order valence-electron chi connectivity index (χ1n) is 7.87. The van der Waals surface area contributed by atoms with Crippen molar-refractivity contribution in [3.8, 4) is 11.4 Å². The van der Waals surface area contributed by atoms with E-state index in [9.17, 15) is 8.78 Å². The highest BCUT2D eigenvalue weighted by atomic mass is 19.1. The number of hydrogen-bond acceptors (Lipinski definition) is 4. The van der Waals surface area contributed by atoms with Crippen LogP contribution in [0.2, 0.25) is 0 Å². The average molecular weight is 322 g/mol. The van der Waals surface area contributed by atoms with E-state index in [1.165, 1.54) is 0 Å². The number of rotatable bonds is 4. The van der Waals surface area contributed by atoms with Crippen LogP contribution in [0.15, 0.2) is 18.3 Å². The topological polar surface area (TPSA) is 66.0 Å². The maximum Gasteiger partial charge on any atom is 0.213 e. The molecule has 0 saturated heterocycles. The third-order valence-corrected chi connectivity index (χ3v) is 4.22. The first-order valence-corrected chi connectivity index (χ1v) is 7.87. The van der Waals surface area contributed by atoms with Gasteiger partial charge in [-0.1, -0.05) is 0 Å². The van der Waals surface area contributed by atoms with Gasteiger partial charge in [0.2, 0.25) is 5.95 Å². The molecule has 0 aliphatic heterocycles. The van der Waals surface area contributed by atoms with Crippen molar-refractivity contribution < 1.29 is 13.5 Å². The molecule has 1 fully saturated rings. The van der Waals surface area contributed by atoms with Crippen molar-refractivity contribution in [1.29, 1.82) is 0 Å². The SMILES string of the molecule is CCOC1CCC(n2cc(N)c(-c3nc(F)ccc3F)n2)CC1. The van der Waals surface area contributed by atoms with E-state index in [2.05, 4.69) is 10.1 Å². The van der Waals surface area contributed by atoms with E-state index in [-0.39, 0.29) is 17.4 Å². The van der Waals surface area contributed by atoms with Crippen LogP contribution in [0.25, 0.3) is 11.4 Å². The Bertz CT molecular complexity index is 681. The molecule has 124 valence electrons. The van der Waals surface area contributed by atoms with Crippen molar-refractivity contribution in [1.82, 2.24) is 14.8 Å². The van der Waals surface area contributed by atoms with Crippen molar-refractivity contribution in [3.63, 3.8) is 0 Å². The van der Waals surface area contributed by atoms with E-state index in [4.69, 9.17) is 10.5 Å². The summed E-state index contributed by atoms with van der Waals surface area (Å²) < 4.78 is 34.5. The van der Waals surface area contributed by atoms with Gasteiger partial charge in [-0.25, -0.2) is 9.37 Å². The zero-order valence-electron chi connectivity index (χ0n) is 13.0. The van der Waals surface area contributed by atoms with Gasteiger partial charge in [-0.3, -0.25) is 4.68 Å². The molecule has 0 aromatic carbocycles. The molecule has 0 bridgehead atoms. The summed E-state index contributed by atoms with van der Waals surface area (Å²) >= 11 is 0. The van der Waals surface area contributed by atoms with Crippen molar-refractivity contribution >= 4 is 5.69 Å². The molecule has 5 nitrogen and oxygen atoms in total. The van der Waals surface area contributed by atoms with Crippen LogP contribution in [-0.4, -0.2) is 27.5 Å². The van der Waals surface area contributed by atoms with Gasteiger partial charge in [-0.05, 0) is 44.7 Å². The number of pyridine rings is 1. The van der Waals surface area contributed by atoms with E-state index in [1.807, 2.05) is 6.92 Å². The largest absolute Gasteiger partial charge is 0.396 e. The van der Waals surface area contributed by atoms with Crippen LogP contribution in [0, 0.1) is 11.8 Å². The molecule has 2 heterocycles. The van der Waals surface area contributed by atoms with Gasteiger partial charge < -0.3 is 10.5 Å². The van der Waals surface area contributed by atoms with E-state index in [0.717, 1.165) is 44.4 Å². The van der Waals surface area contributed by atoms with Crippen LogP contribution in [0.3, 0.4) is 0 Å². The second-order valence-corrected chi connectivity index (χ2v) is 5.76. The van der Waals surface area contributed by atoms with Gasteiger partial charge in [0.05, 0.1) is 17.8 Å². The Morgan fingerprint density at radius 2 is 1.96 bits per heavy atom. The number of hydrogen-bond donors (Lipinski definition) is 1. The van der Waals surface area contributed by atoms with E-state index < -0.39 is 11.8 Å². The molecule has 23 heavy (non-hydrogen) atoms. The highest BCUT2D eigenvalue weighted by Gasteiger charge is 2.25. The highest BCUT2D eigenvalue weighted by molar-refractivity contribution is 5.69. The quantitative estimate of drug-likeness (QED) is 0.877. The fourth-order valence-corrected chi connectivity index (χ4v) is 3.07. The van der Waals surface area contributed by atoms with Gasteiger partial charge in [0.25, 0.3) is 0 Å². The molecule has 2 N–H and O–H groups in total. The normalized spacial score (nSPS) is 21.5. The number of ether oxygens (including phenoxy) is 1. The molecule has 1 aliphatic carbocycles. The minimum atomic E-state index is -0.757. The number of nitrogen functional groups attached to an aromatic ring is 1. The van der Waals surface area contributed by atoms with Crippen LogP contribution in [0.4, 0.5) is 14.5 Å². The number of halogens is 2. The smallest absolute Gasteiger partial charge is 0.213 e. The Kier molecular flexibility index (Phi) is 4.56. The zero-order chi connectivity index (χ0) is 16.4. The molecule has 0 amide bonds. The number of anilines is 1. The summed E-state index contributed by atoms with van der Waals surface area (Å²) in [7, 11) is 0. The molecule has 2 aromatic heterocycles. The lowest BCUT2D eigenvalue weighted by molar-refractivity contribution is 0.0260. The van der Waals surface area contributed by atoms with Crippen molar-refractivity contribution in [2.75, 3.05) is 12.3 Å². The molecule has 0 atom stereocenters. The van der Waals surface area contributed by atoms with E-state index >= 15 is 0 Å². The molecule has 1 aliphatic rings. The number of aromatic nitrogens is 3. The monoisotopic (exact) mass is 322 g/mol. The van der Waals surface area contributed by atoms with Gasteiger partial charge >= 0.3 is 0 Å². The maximum atomic E-state index is 13.9. The average Bonchev–Trinajstić information content (AvgIpc) is 2.92. The van der Waals surface area contributed by atoms with Crippen LogP contribution in [0.5, 0.6) is 0 Å².